The molecule has 0 unspecified atom stereocenters. The van der Waals surface area contributed by atoms with Crippen LogP contribution in [0.5, 0.6) is 0 Å². The maximum atomic E-state index is 13.2. The Morgan fingerprint density at radius 3 is 1.32 bits per heavy atom. The molecule has 4 heteroatoms. The second-order valence-corrected chi connectivity index (χ2v) is 10.6. The van der Waals surface area contributed by atoms with Gasteiger partial charge >= 0.3 is 0 Å². The standard InChI is InChI=1S/C27H21ClNOP/c28-21-26(29-27(30)22-13-5-1-6-14-22)31(23-15-7-2-8-16-23,24-17-9-3-10-18-24)25-19-11-4-12-20-25/h1-21H/p+1/b26-21+. The molecule has 0 heterocycles. The van der Waals surface area contributed by atoms with Gasteiger partial charge in [-0.1, -0.05) is 84.4 Å². The van der Waals surface area contributed by atoms with E-state index in [4.69, 9.17) is 11.6 Å². The molecule has 0 fully saturated rings. The van der Waals surface area contributed by atoms with Crippen LogP contribution >= 0.6 is 18.9 Å². The molecule has 152 valence electrons. The van der Waals surface area contributed by atoms with Crippen molar-refractivity contribution in [2.45, 2.75) is 0 Å². The summed E-state index contributed by atoms with van der Waals surface area (Å²) in [5.41, 5.74) is 2.82. The number of rotatable bonds is 6. The number of nitrogens with one attached hydrogen (secondary N) is 1. The van der Waals surface area contributed by atoms with E-state index in [9.17, 15) is 4.79 Å². The lowest BCUT2D eigenvalue weighted by atomic mass is 10.2. The molecule has 0 aliphatic rings. The smallest absolute Gasteiger partial charge is 0.258 e. The average Bonchev–Trinajstić information content (AvgIpc) is 2.86. The van der Waals surface area contributed by atoms with Crippen molar-refractivity contribution >= 4 is 40.7 Å². The molecule has 0 saturated heterocycles. The van der Waals surface area contributed by atoms with Crippen LogP contribution < -0.4 is 21.2 Å². The Morgan fingerprint density at radius 2 is 0.968 bits per heavy atom. The van der Waals surface area contributed by atoms with Crippen LogP contribution in [0.25, 0.3) is 0 Å². The average molecular weight is 443 g/mol. The fourth-order valence-corrected chi connectivity index (χ4v) is 8.28. The van der Waals surface area contributed by atoms with E-state index in [1.165, 1.54) is 5.54 Å². The Morgan fingerprint density at radius 1 is 0.613 bits per heavy atom. The lowest BCUT2D eigenvalue weighted by Gasteiger charge is -2.29. The number of hydrogen-bond donors (Lipinski definition) is 1. The number of carbonyl (C=O) groups excluding carboxylic acids is 1. The van der Waals surface area contributed by atoms with Crippen LogP contribution in [0.2, 0.25) is 0 Å². The van der Waals surface area contributed by atoms with Gasteiger partial charge in [-0.3, -0.25) is 10.1 Å². The lowest BCUT2D eigenvalue weighted by Crippen LogP contribution is -2.38. The molecule has 0 spiro atoms. The Bertz CT molecular complexity index is 1070. The van der Waals surface area contributed by atoms with Gasteiger partial charge in [0.05, 0.1) is 5.54 Å². The first-order valence-corrected chi connectivity index (χ1v) is 12.2. The first-order chi connectivity index (χ1) is 15.3. The van der Waals surface area contributed by atoms with E-state index < -0.39 is 7.26 Å². The summed E-state index contributed by atoms with van der Waals surface area (Å²) in [4.78, 5) is 13.2. The molecule has 31 heavy (non-hydrogen) atoms. The Labute approximate surface area is 188 Å². The minimum absolute atomic E-state index is 0.181. The fourth-order valence-electron chi connectivity index (χ4n) is 3.78. The highest BCUT2D eigenvalue weighted by Gasteiger charge is 2.50. The van der Waals surface area contributed by atoms with Crippen LogP contribution in [-0.2, 0) is 0 Å². The Kier molecular flexibility index (Phi) is 6.62. The molecule has 2 nitrogen and oxygen atoms in total. The third kappa shape index (κ3) is 4.18. The van der Waals surface area contributed by atoms with E-state index in [-0.39, 0.29) is 5.91 Å². The van der Waals surface area contributed by atoms with Gasteiger partial charge in [0.15, 0.2) is 12.7 Å². The van der Waals surface area contributed by atoms with E-state index in [2.05, 4.69) is 41.7 Å². The van der Waals surface area contributed by atoms with E-state index in [0.29, 0.717) is 11.0 Å². The topological polar surface area (TPSA) is 29.1 Å². The maximum absolute atomic E-state index is 13.2. The Balaban J connectivity index is 1.96. The largest absolute Gasteiger partial charge is 0.291 e. The summed E-state index contributed by atoms with van der Waals surface area (Å²) < 4.78 is 0. The second kappa shape index (κ2) is 9.75. The molecule has 0 aliphatic heterocycles. The number of hydrogen-bond acceptors (Lipinski definition) is 1. The van der Waals surface area contributed by atoms with Crippen molar-refractivity contribution in [2.24, 2.45) is 0 Å². The first kappa shape index (κ1) is 21.1. The van der Waals surface area contributed by atoms with Crippen molar-refractivity contribution in [1.82, 2.24) is 5.32 Å². The number of benzene rings is 4. The molecule has 0 bridgehead atoms. The van der Waals surface area contributed by atoms with E-state index >= 15 is 0 Å². The molecule has 0 aromatic heterocycles. The van der Waals surface area contributed by atoms with Crippen molar-refractivity contribution < 1.29 is 4.79 Å². The van der Waals surface area contributed by atoms with E-state index in [1.807, 2.05) is 72.8 Å². The summed E-state index contributed by atoms with van der Waals surface area (Å²) >= 11 is 6.48. The summed E-state index contributed by atoms with van der Waals surface area (Å²) in [6.45, 7) is 0. The minimum atomic E-state index is -2.44. The number of halogens is 1. The molecule has 4 aromatic rings. The van der Waals surface area contributed by atoms with Gasteiger partial charge in [-0.25, -0.2) is 0 Å². The molecule has 0 radical (unpaired) electrons. The van der Waals surface area contributed by atoms with Gasteiger partial charge in [0.25, 0.3) is 5.91 Å². The summed E-state index contributed by atoms with van der Waals surface area (Å²) in [7, 11) is -2.44. The maximum Gasteiger partial charge on any atom is 0.258 e. The second-order valence-electron chi connectivity index (χ2n) is 6.99. The van der Waals surface area contributed by atoms with Crippen LogP contribution in [0.3, 0.4) is 0 Å². The SMILES string of the molecule is O=C(N/C(=C\Cl)[P+](c1ccccc1)(c1ccccc1)c1ccccc1)c1ccccc1. The molecule has 4 rings (SSSR count). The molecule has 1 N–H and O–H groups in total. The highest BCUT2D eigenvalue weighted by atomic mass is 35.5. The normalized spacial score (nSPS) is 11.7. The van der Waals surface area contributed by atoms with E-state index in [1.54, 1.807) is 12.1 Å². The zero-order valence-electron chi connectivity index (χ0n) is 16.9. The van der Waals surface area contributed by atoms with Crippen LogP contribution in [0.15, 0.2) is 132 Å². The van der Waals surface area contributed by atoms with Crippen molar-refractivity contribution in [3.8, 4) is 0 Å². The quantitative estimate of drug-likeness (QED) is 0.395. The molecular weight excluding hydrogens is 421 g/mol. The zero-order valence-corrected chi connectivity index (χ0v) is 18.5. The molecule has 4 aromatic carbocycles. The molecule has 0 saturated carbocycles. The van der Waals surface area contributed by atoms with Gasteiger partial charge in [0.1, 0.15) is 15.9 Å². The van der Waals surface area contributed by atoms with Gasteiger partial charge in [-0.15, -0.1) is 0 Å². The highest BCUT2D eigenvalue weighted by molar-refractivity contribution is 7.99. The third-order valence-corrected chi connectivity index (χ3v) is 9.72. The van der Waals surface area contributed by atoms with Crippen molar-refractivity contribution in [3.05, 3.63) is 138 Å². The minimum Gasteiger partial charge on any atom is -0.291 e. The highest BCUT2D eigenvalue weighted by Crippen LogP contribution is 2.61. The van der Waals surface area contributed by atoms with Crippen LogP contribution in [-0.4, -0.2) is 5.91 Å². The van der Waals surface area contributed by atoms with Crippen molar-refractivity contribution in [3.63, 3.8) is 0 Å². The van der Waals surface area contributed by atoms with Crippen molar-refractivity contribution in [2.75, 3.05) is 0 Å². The predicted octanol–water partition coefficient (Wildman–Crippen LogP) is 5.45. The van der Waals surface area contributed by atoms with Crippen LogP contribution in [0, 0.1) is 0 Å². The molecule has 0 atom stereocenters. The molecule has 1 amide bonds. The predicted molar refractivity (Wildman–Crippen MR) is 133 cm³/mol. The van der Waals surface area contributed by atoms with Crippen molar-refractivity contribution in [1.29, 1.82) is 0 Å². The van der Waals surface area contributed by atoms with Gasteiger partial charge in [-0.2, -0.15) is 0 Å². The molecular formula is C27H22ClNOP+. The third-order valence-electron chi connectivity index (χ3n) is 5.17. The first-order valence-electron chi connectivity index (χ1n) is 10.00. The van der Waals surface area contributed by atoms with Gasteiger partial charge in [0.2, 0.25) is 0 Å². The number of carbonyl (C=O) groups is 1. The van der Waals surface area contributed by atoms with Gasteiger partial charge in [0, 0.05) is 5.56 Å². The summed E-state index contributed by atoms with van der Waals surface area (Å²) in [5, 5.41) is 6.51. The summed E-state index contributed by atoms with van der Waals surface area (Å²) in [6, 6.07) is 40.1. The monoisotopic (exact) mass is 442 g/mol. The fraction of sp³-hybridized carbons (Fsp3) is 0. The zero-order chi connectivity index (χ0) is 21.5. The Hall–Kier alpha value is -3.19. The molecule has 0 aliphatic carbocycles. The van der Waals surface area contributed by atoms with Gasteiger partial charge in [-0.05, 0) is 48.5 Å². The van der Waals surface area contributed by atoms with Crippen LogP contribution in [0.1, 0.15) is 10.4 Å². The van der Waals surface area contributed by atoms with Gasteiger partial charge < -0.3 is 0 Å². The summed E-state index contributed by atoms with van der Waals surface area (Å²) in [5.74, 6) is -0.181. The lowest BCUT2D eigenvalue weighted by molar-refractivity contribution is 0.0968. The van der Waals surface area contributed by atoms with Crippen LogP contribution in [0.4, 0.5) is 0 Å². The number of amides is 1. The van der Waals surface area contributed by atoms with E-state index in [0.717, 1.165) is 15.9 Å². The summed E-state index contributed by atoms with van der Waals surface area (Å²) in [6.07, 6.45) is 0.